The molecule has 0 aromatic heterocycles. The quantitative estimate of drug-likeness (QED) is 0.0784. The van der Waals surface area contributed by atoms with Gasteiger partial charge in [0.25, 0.3) is 0 Å². The molecule has 0 spiro atoms. The molecule has 1 amide bonds. The summed E-state index contributed by atoms with van der Waals surface area (Å²) in [5.41, 5.74) is 15.9. The van der Waals surface area contributed by atoms with Gasteiger partial charge in [-0.3, -0.25) is 4.79 Å². The van der Waals surface area contributed by atoms with Crippen LogP contribution in [0.4, 0.5) is 0 Å². The van der Waals surface area contributed by atoms with Gasteiger partial charge in [0.1, 0.15) is 60.5 Å². The Bertz CT molecular complexity index is 894. The Balaban J connectivity index is 1.81. The first-order valence-corrected chi connectivity index (χ1v) is 15.0. The number of hydrogen-bond acceptors (Lipinski definition) is 17. The van der Waals surface area contributed by atoms with E-state index in [9.17, 15) is 40.5 Å². The first kappa shape index (κ1) is 37.3. The number of hydrogen-bond donors (Lipinski definition) is 13. The molecule has 16 N–H and O–H groups in total. The van der Waals surface area contributed by atoms with Gasteiger partial charge in [-0.25, -0.2) is 0 Å². The molecule has 3 aliphatic rings. The van der Waals surface area contributed by atoms with Crippen molar-refractivity contribution in [2.75, 3.05) is 39.8 Å². The van der Waals surface area contributed by atoms with Gasteiger partial charge in [0, 0.05) is 12.6 Å². The van der Waals surface area contributed by atoms with Crippen molar-refractivity contribution in [2.24, 2.45) is 17.2 Å². The van der Waals surface area contributed by atoms with Crippen LogP contribution in [-0.4, -0.2) is 173 Å². The monoisotopic (exact) mass is 640 g/mol. The van der Waals surface area contributed by atoms with Gasteiger partial charge in [-0.15, -0.1) is 0 Å². The molecular weight excluding hydrogens is 588 g/mol. The molecule has 1 saturated carbocycles. The fourth-order valence-corrected chi connectivity index (χ4v) is 5.85. The number of nitrogens with one attached hydrogen (secondary N) is 3. The van der Waals surface area contributed by atoms with E-state index in [0.29, 0.717) is 19.5 Å². The van der Waals surface area contributed by atoms with Gasteiger partial charge < -0.3 is 87.8 Å². The Hall–Kier alpha value is -1.17. The lowest BCUT2D eigenvalue weighted by atomic mass is 9.83. The van der Waals surface area contributed by atoms with E-state index >= 15 is 0 Å². The average molecular weight is 641 g/mol. The maximum atomic E-state index is 12.7. The van der Waals surface area contributed by atoms with Crippen LogP contribution in [-0.2, 0) is 23.7 Å². The summed E-state index contributed by atoms with van der Waals surface area (Å²) in [7, 11) is 1.53. The van der Waals surface area contributed by atoms with Crippen LogP contribution in [0, 0.1) is 0 Å². The van der Waals surface area contributed by atoms with Crippen molar-refractivity contribution in [1.29, 1.82) is 0 Å². The van der Waals surface area contributed by atoms with Gasteiger partial charge in [-0.2, -0.15) is 0 Å². The fourth-order valence-electron chi connectivity index (χ4n) is 5.85. The van der Waals surface area contributed by atoms with Crippen molar-refractivity contribution in [3.05, 3.63) is 0 Å². The lowest BCUT2D eigenvalue weighted by Crippen LogP contribution is -2.70. The lowest BCUT2D eigenvalue weighted by Gasteiger charge is -2.49. The van der Waals surface area contributed by atoms with Gasteiger partial charge in [-0.05, 0) is 52.9 Å². The summed E-state index contributed by atoms with van der Waals surface area (Å²) in [6.07, 6.45) is -15.3. The lowest BCUT2D eigenvalue weighted by molar-refractivity contribution is -0.330. The standard InChI is InChI=1S/C26H52N6O12/c1-26(40)10-41-24(19(38)22(26)30-2)44-21-12(32-23(39)13(33)4-6-28)8-11(29)20(18(21)37)43-25-17(36)16(35)15(34)14(42-25)9-31-7-3-5-27/h11-22,24-25,30-31,33-38,40H,3-10,27-29H2,1-2H3,(H,32,39)/t11-,12+,13-,14+,15+,16-,17+,18-,19+,20?,21-,22+,24+,25+,26-/m0/s1. The van der Waals surface area contributed by atoms with Crippen molar-refractivity contribution in [2.45, 2.75) is 117 Å². The minimum absolute atomic E-state index is 0.0267. The van der Waals surface area contributed by atoms with Gasteiger partial charge in [0.15, 0.2) is 12.6 Å². The molecule has 0 aromatic rings. The third-order valence-corrected chi connectivity index (χ3v) is 8.38. The average Bonchev–Trinajstić information content (AvgIpc) is 2.97. The number of carbonyl (C=O) groups excluding carboxylic acids is 1. The second-order valence-electron chi connectivity index (χ2n) is 12.0. The maximum absolute atomic E-state index is 12.7. The van der Waals surface area contributed by atoms with Crippen molar-refractivity contribution in [1.82, 2.24) is 16.0 Å². The number of carbonyl (C=O) groups is 1. The molecule has 1 unspecified atom stereocenters. The first-order valence-electron chi connectivity index (χ1n) is 15.0. The summed E-state index contributed by atoms with van der Waals surface area (Å²) in [5.74, 6) is -0.790. The van der Waals surface area contributed by atoms with E-state index in [2.05, 4.69) is 16.0 Å². The van der Waals surface area contributed by atoms with Crippen LogP contribution in [0.25, 0.3) is 0 Å². The maximum Gasteiger partial charge on any atom is 0.249 e. The summed E-state index contributed by atoms with van der Waals surface area (Å²) >= 11 is 0. The normalized spacial score (nSPS) is 43.9. The molecule has 2 saturated heterocycles. The summed E-state index contributed by atoms with van der Waals surface area (Å²) in [4.78, 5) is 12.7. The number of likely N-dealkylation sites (N-methyl/N-ethyl adjacent to an activating group) is 1. The molecule has 3 fully saturated rings. The number of ether oxygens (including phenoxy) is 4. The van der Waals surface area contributed by atoms with Crippen LogP contribution >= 0.6 is 0 Å². The molecule has 18 nitrogen and oxygen atoms in total. The Labute approximate surface area is 256 Å². The van der Waals surface area contributed by atoms with E-state index in [-0.39, 0.29) is 32.5 Å². The largest absolute Gasteiger partial charge is 0.388 e. The van der Waals surface area contributed by atoms with E-state index < -0.39 is 97.1 Å². The second kappa shape index (κ2) is 16.6. The predicted molar refractivity (Wildman–Crippen MR) is 152 cm³/mol. The van der Waals surface area contributed by atoms with Crippen LogP contribution in [0.1, 0.15) is 26.2 Å². The third kappa shape index (κ3) is 8.79. The number of amides is 1. The summed E-state index contributed by atoms with van der Waals surface area (Å²) in [5, 5.41) is 83.3. The third-order valence-electron chi connectivity index (χ3n) is 8.38. The molecule has 2 heterocycles. The number of aliphatic hydroxyl groups is 7. The van der Waals surface area contributed by atoms with Gasteiger partial charge >= 0.3 is 0 Å². The zero-order chi connectivity index (χ0) is 32.8. The smallest absolute Gasteiger partial charge is 0.249 e. The summed E-state index contributed by atoms with van der Waals surface area (Å²) in [6.45, 7) is 2.33. The Morgan fingerprint density at radius 1 is 1.00 bits per heavy atom. The highest BCUT2D eigenvalue weighted by molar-refractivity contribution is 5.80. The minimum Gasteiger partial charge on any atom is -0.388 e. The molecule has 2 aliphatic heterocycles. The SMILES string of the molecule is CN[C@@H]1[C@@H](O)[C@@H](O[C@H]2[C@H](NC(=O)[C@@H](O)CCN)C[C@H](N)C(O[C@H]3O[C@H](CNCCCN)[C@@H](O)[C@H](O)[C@H]3O)[C@@H]2O)OC[C@]1(C)O. The van der Waals surface area contributed by atoms with Gasteiger partial charge in [-0.1, -0.05) is 0 Å². The second-order valence-corrected chi connectivity index (χ2v) is 12.0. The van der Waals surface area contributed by atoms with E-state index in [1.54, 1.807) is 0 Å². The minimum atomic E-state index is -1.71. The van der Waals surface area contributed by atoms with Crippen LogP contribution in [0.15, 0.2) is 0 Å². The molecule has 44 heavy (non-hydrogen) atoms. The van der Waals surface area contributed by atoms with Gasteiger partial charge in [0.05, 0.1) is 18.7 Å². The molecular formula is C26H52N6O12. The van der Waals surface area contributed by atoms with Crippen LogP contribution in [0.3, 0.4) is 0 Å². The van der Waals surface area contributed by atoms with Gasteiger partial charge in [0.2, 0.25) is 5.91 Å². The highest BCUT2D eigenvalue weighted by Gasteiger charge is 2.53. The zero-order valence-corrected chi connectivity index (χ0v) is 25.1. The molecule has 15 atom stereocenters. The van der Waals surface area contributed by atoms with Crippen molar-refractivity contribution >= 4 is 5.91 Å². The van der Waals surface area contributed by atoms with Crippen LogP contribution < -0.4 is 33.2 Å². The van der Waals surface area contributed by atoms with E-state index in [4.69, 9.17) is 36.1 Å². The number of aliphatic hydroxyl groups excluding tert-OH is 6. The Morgan fingerprint density at radius 3 is 2.32 bits per heavy atom. The molecule has 258 valence electrons. The van der Waals surface area contributed by atoms with Crippen LogP contribution in [0.5, 0.6) is 0 Å². The zero-order valence-electron chi connectivity index (χ0n) is 25.1. The van der Waals surface area contributed by atoms with Crippen molar-refractivity contribution < 1.29 is 59.5 Å². The predicted octanol–water partition coefficient (Wildman–Crippen LogP) is -7.15. The molecule has 3 rings (SSSR count). The van der Waals surface area contributed by atoms with E-state index in [1.165, 1.54) is 14.0 Å². The first-order chi connectivity index (χ1) is 20.8. The summed E-state index contributed by atoms with van der Waals surface area (Å²) in [6, 6.07) is -2.90. The van der Waals surface area contributed by atoms with E-state index in [1.807, 2.05) is 0 Å². The Kier molecular flexibility index (Phi) is 14.1. The van der Waals surface area contributed by atoms with Crippen molar-refractivity contribution in [3.8, 4) is 0 Å². The molecule has 0 radical (unpaired) electrons. The van der Waals surface area contributed by atoms with E-state index in [0.717, 1.165) is 0 Å². The number of nitrogens with two attached hydrogens (primary N) is 3. The Morgan fingerprint density at radius 2 is 1.68 bits per heavy atom. The molecule has 18 heteroatoms. The molecule has 0 aromatic carbocycles. The highest BCUT2D eigenvalue weighted by atomic mass is 16.7. The summed E-state index contributed by atoms with van der Waals surface area (Å²) < 4.78 is 23.3. The fraction of sp³-hybridized carbons (Fsp3) is 0.962. The topological polar surface area (TPSA) is 310 Å². The van der Waals surface area contributed by atoms with Crippen molar-refractivity contribution in [3.63, 3.8) is 0 Å². The molecule has 1 aliphatic carbocycles. The number of rotatable bonds is 14. The van der Waals surface area contributed by atoms with Crippen LogP contribution in [0.2, 0.25) is 0 Å². The highest BCUT2D eigenvalue weighted by Crippen LogP contribution is 2.32. The molecule has 0 bridgehead atoms.